The van der Waals surface area contributed by atoms with Crippen molar-refractivity contribution in [1.29, 1.82) is 0 Å². The highest BCUT2D eigenvalue weighted by atomic mass is 16.5. The molecule has 4 heteroatoms. The summed E-state index contributed by atoms with van der Waals surface area (Å²) in [6.07, 6.45) is 0. The number of methoxy groups -OCH3 is 2. The number of hydrogen-bond acceptors (Lipinski definition) is 4. The molecule has 1 aliphatic rings. The average molecular weight is 288 g/mol. The van der Waals surface area contributed by atoms with E-state index in [4.69, 9.17) is 14.2 Å². The van der Waals surface area contributed by atoms with Crippen molar-refractivity contribution in [2.24, 2.45) is 11.3 Å². The zero-order valence-corrected chi connectivity index (χ0v) is 12.9. The molecule has 1 aliphatic heterocycles. The summed E-state index contributed by atoms with van der Waals surface area (Å²) < 4.78 is 15.2. The number of hydrogen-bond donors (Lipinski definition) is 0. The SMILES string of the molecule is COC(=O)c1ccc(C#CC(C)(C)C2COC2)cc1OC. The van der Waals surface area contributed by atoms with Crippen molar-refractivity contribution in [1.82, 2.24) is 0 Å². The fourth-order valence-electron chi connectivity index (χ4n) is 2.04. The maximum Gasteiger partial charge on any atom is 0.341 e. The first-order chi connectivity index (χ1) is 9.97. The highest BCUT2D eigenvalue weighted by Crippen LogP contribution is 2.32. The van der Waals surface area contributed by atoms with Gasteiger partial charge in [0.25, 0.3) is 0 Å². The molecule has 1 saturated heterocycles. The van der Waals surface area contributed by atoms with Gasteiger partial charge in [0.1, 0.15) is 11.3 Å². The molecule has 2 rings (SSSR count). The van der Waals surface area contributed by atoms with Crippen molar-refractivity contribution >= 4 is 5.97 Å². The van der Waals surface area contributed by atoms with Crippen LogP contribution in [0.2, 0.25) is 0 Å². The minimum atomic E-state index is -0.418. The van der Waals surface area contributed by atoms with Crippen LogP contribution in [-0.4, -0.2) is 33.4 Å². The van der Waals surface area contributed by atoms with E-state index in [-0.39, 0.29) is 5.41 Å². The summed E-state index contributed by atoms with van der Waals surface area (Å²) in [6, 6.07) is 5.23. The van der Waals surface area contributed by atoms with Crippen LogP contribution in [0.25, 0.3) is 0 Å². The predicted octanol–water partition coefficient (Wildman–Crippen LogP) is 2.51. The van der Waals surface area contributed by atoms with E-state index in [0.717, 1.165) is 18.8 Å². The van der Waals surface area contributed by atoms with Gasteiger partial charge in [-0.2, -0.15) is 0 Å². The first-order valence-electron chi connectivity index (χ1n) is 6.85. The van der Waals surface area contributed by atoms with Gasteiger partial charge in [-0.25, -0.2) is 4.79 Å². The van der Waals surface area contributed by atoms with Crippen LogP contribution in [0, 0.1) is 23.2 Å². The van der Waals surface area contributed by atoms with E-state index in [1.54, 1.807) is 18.2 Å². The van der Waals surface area contributed by atoms with E-state index >= 15 is 0 Å². The largest absolute Gasteiger partial charge is 0.496 e. The summed E-state index contributed by atoms with van der Waals surface area (Å²) in [4.78, 5) is 11.6. The van der Waals surface area contributed by atoms with Crippen LogP contribution in [0.4, 0.5) is 0 Å². The van der Waals surface area contributed by atoms with Crippen LogP contribution in [-0.2, 0) is 9.47 Å². The molecule has 0 aliphatic carbocycles. The molecule has 0 saturated carbocycles. The van der Waals surface area contributed by atoms with Gasteiger partial charge in [-0.1, -0.05) is 11.8 Å². The minimum Gasteiger partial charge on any atom is -0.496 e. The molecule has 0 spiro atoms. The lowest BCUT2D eigenvalue weighted by Crippen LogP contribution is -2.39. The summed E-state index contributed by atoms with van der Waals surface area (Å²) in [6.45, 7) is 5.78. The maximum absolute atomic E-state index is 11.6. The molecule has 0 aromatic heterocycles. The normalized spacial score (nSPS) is 14.7. The van der Waals surface area contributed by atoms with Crippen molar-refractivity contribution < 1.29 is 19.0 Å². The highest BCUT2D eigenvalue weighted by Gasteiger charge is 2.33. The first kappa shape index (κ1) is 15.4. The number of esters is 1. The predicted molar refractivity (Wildman–Crippen MR) is 79.3 cm³/mol. The van der Waals surface area contributed by atoms with Crippen molar-refractivity contribution in [2.75, 3.05) is 27.4 Å². The van der Waals surface area contributed by atoms with E-state index in [1.165, 1.54) is 14.2 Å². The molecular formula is C17H20O4. The van der Waals surface area contributed by atoms with Crippen molar-refractivity contribution in [3.8, 4) is 17.6 Å². The summed E-state index contributed by atoms with van der Waals surface area (Å²) >= 11 is 0. The van der Waals surface area contributed by atoms with Gasteiger partial charge >= 0.3 is 5.97 Å². The zero-order chi connectivity index (χ0) is 15.5. The second kappa shape index (κ2) is 6.19. The summed E-state index contributed by atoms with van der Waals surface area (Å²) in [5.74, 6) is 6.97. The van der Waals surface area contributed by atoms with Gasteiger partial charge in [0, 0.05) is 16.9 Å². The Bertz CT molecular complexity index is 589. The smallest absolute Gasteiger partial charge is 0.341 e. The van der Waals surface area contributed by atoms with E-state index in [2.05, 4.69) is 25.7 Å². The lowest BCUT2D eigenvalue weighted by Gasteiger charge is -2.36. The van der Waals surface area contributed by atoms with Gasteiger partial charge in [0.2, 0.25) is 0 Å². The number of ether oxygens (including phenoxy) is 3. The van der Waals surface area contributed by atoms with E-state index in [9.17, 15) is 4.79 Å². The fourth-order valence-corrected chi connectivity index (χ4v) is 2.04. The van der Waals surface area contributed by atoms with Crippen molar-refractivity contribution in [2.45, 2.75) is 13.8 Å². The monoisotopic (exact) mass is 288 g/mol. The van der Waals surface area contributed by atoms with Gasteiger partial charge < -0.3 is 14.2 Å². The molecule has 0 N–H and O–H groups in total. The molecule has 0 radical (unpaired) electrons. The standard InChI is InChI=1S/C17H20O4/c1-17(2,13-10-21-11-13)8-7-12-5-6-14(16(18)20-4)15(9-12)19-3/h5-6,9,13H,10-11H2,1-4H3. The Morgan fingerprint density at radius 1 is 1.33 bits per heavy atom. The molecule has 21 heavy (non-hydrogen) atoms. The molecular weight excluding hydrogens is 268 g/mol. The molecule has 0 unspecified atom stereocenters. The van der Waals surface area contributed by atoms with Crippen LogP contribution < -0.4 is 4.74 Å². The molecule has 4 nitrogen and oxygen atoms in total. The van der Waals surface area contributed by atoms with Crippen LogP contribution >= 0.6 is 0 Å². The second-order valence-electron chi connectivity index (χ2n) is 5.61. The number of rotatable bonds is 3. The van der Waals surface area contributed by atoms with Crippen LogP contribution in [0.5, 0.6) is 5.75 Å². The Morgan fingerprint density at radius 2 is 2.05 bits per heavy atom. The molecule has 1 aromatic rings. The lowest BCUT2D eigenvalue weighted by atomic mass is 9.78. The quantitative estimate of drug-likeness (QED) is 0.633. The Balaban J connectivity index is 2.24. The van der Waals surface area contributed by atoms with Crippen LogP contribution in [0.15, 0.2) is 18.2 Å². The van der Waals surface area contributed by atoms with E-state index in [0.29, 0.717) is 17.2 Å². The molecule has 0 bridgehead atoms. The van der Waals surface area contributed by atoms with E-state index in [1.807, 2.05) is 0 Å². The summed E-state index contributed by atoms with van der Waals surface area (Å²) in [5.41, 5.74) is 1.12. The number of carbonyl (C=O) groups excluding carboxylic acids is 1. The Hall–Kier alpha value is -1.99. The number of benzene rings is 1. The van der Waals surface area contributed by atoms with Gasteiger partial charge in [0.05, 0.1) is 27.4 Å². The molecule has 1 fully saturated rings. The highest BCUT2D eigenvalue weighted by molar-refractivity contribution is 5.92. The van der Waals surface area contributed by atoms with Gasteiger partial charge in [0.15, 0.2) is 0 Å². The lowest BCUT2D eigenvalue weighted by molar-refractivity contribution is -0.0708. The Morgan fingerprint density at radius 3 is 2.57 bits per heavy atom. The van der Waals surface area contributed by atoms with Crippen LogP contribution in [0.1, 0.15) is 29.8 Å². The third-order valence-electron chi connectivity index (χ3n) is 3.79. The van der Waals surface area contributed by atoms with Gasteiger partial charge in [-0.15, -0.1) is 0 Å². The molecule has 0 atom stereocenters. The van der Waals surface area contributed by atoms with Gasteiger partial charge in [-0.3, -0.25) is 0 Å². The van der Waals surface area contributed by atoms with Crippen molar-refractivity contribution in [3.63, 3.8) is 0 Å². The van der Waals surface area contributed by atoms with Crippen molar-refractivity contribution in [3.05, 3.63) is 29.3 Å². The second-order valence-corrected chi connectivity index (χ2v) is 5.61. The molecule has 112 valence electrons. The summed E-state index contributed by atoms with van der Waals surface area (Å²) in [7, 11) is 2.87. The Labute approximate surface area is 125 Å². The topological polar surface area (TPSA) is 44.8 Å². The number of carbonyl (C=O) groups is 1. The minimum absolute atomic E-state index is 0.0908. The van der Waals surface area contributed by atoms with Gasteiger partial charge in [-0.05, 0) is 32.0 Å². The maximum atomic E-state index is 11.6. The third-order valence-corrected chi connectivity index (χ3v) is 3.79. The zero-order valence-electron chi connectivity index (χ0n) is 12.9. The van der Waals surface area contributed by atoms with E-state index < -0.39 is 5.97 Å². The fraction of sp³-hybridized carbons (Fsp3) is 0.471. The Kier molecular flexibility index (Phi) is 4.54. The molecule has 1 heterocycles. The average Bonchev–Trinajstić information content (AvgIpc) is 2.41. The van der Waals surface area contributed by atoms with Crippen LogP contribution in [0.3, 0.4) is 0 Å². The first-order valence-corrected chi connectivity index (χ1v) is 6.85. The molecule has 0 amide bonds. The molecule has 1 aromatic carbocycles. The summed E-state index contributed by atoms with van der Waals surface area (Å²) in [5, 5.41) is 0. The third kappa shape index (κ3) is 3.37.